The molecular formula is C10H32O6P2S2. The van der Waals surface area contributed by atoms with E-state index in [-0.39, 0.29) is 0 Å². The summed E-state index contributed by atoms with van der Waals surface area (Å²) in [5.74, 6) is 0.833. The van der Waals surface area contributed by atoms with Gasteiger partial charge in [0, 0.05) is 0 Å². The highest BCUT2D eigenvalue weighted by atomic mass is 32.5. The van der Waals surface area contributed by atoms with Gasteiger partial charge in [-0.3, -0.25) is 0 Å². The molecule has 0 heterocycles. The van der Waals surface area contributed by atoms with Crippen LogP contribution in [0.3, 0.4) is 0 Å². The molecule has 0 unspecified atom stereocenters. The Hall–Kier alpha value is 1.06. The van der Waals surface area contributed by atoms with Crippen molar-refractivity contribution < 1.29 is 29.4 Å². The fourth-order valence-electron chi connectivity index (χ4n) is 0. The second-order valence-corrected chi connectivity index (χ2v) is 8.75. The van der Waals surface area contributed by atoms with Crippen LogP contribution in [-0.2, 0) is 23.6 Å². The smallest absolute Gasteiger partial charge is 0.319 e. The number of hydrogen-bond acceptors (Lipinski definition) is 2. The lowest BCUT2D eigenvalue weighted by atomic mass is 10.3. The van der Waals surface area contributed by atoms with Gasteiger partial charge in [0.2, 0.25) is 0 Å². The Balaban J connectivity index is -0.0000000482. The molecule has 20 heavy (non-hydrogen) atoms. The SMILES string of the molecule is CC.CC(C)C.CCCC.OP(O)(O)=S.OP(O)(O)=S. The van der Waals surface area contributed by atoms with E-state index in [9.17, 15) is 0 Å². The van der Waals surface area contributed by atoms with Gasteiger partial charge in [0.15, 0.2) is 0 Å². The normalized spacial score (nSPS) is 9.50. The predicted octanol–water partition coefficient (Wildman–Crippen LogP) is 2.87. The molecule has 0 bridgehead atoms. The molecule has 0 aromatic rings. The Bertz CT molecular complexity index is 199. The summed E-state index contributed by atoms with van der Waals surface area (Å²) in [6.45, 7) is 7.25. The van der Waals surface area contributed by atoms with Gasteiger partial charge in [-0.2, -0.15) is 0 Å². The van der Waals surface area contributed by atoms with Crippen LogP contribution < -0.4 is 0 Å². The first-order chi connectivity index (χ1) is 8.65. The third kappa shape index (κ3) is 1460. The molecule has 0 saturated carbocycles. The molecule has 6 N–H and O–H groups in total. The van der Waals surface area contributed by atoms with E-state index in [2.05, 4.69) is 58.2 Å². The van der Waals surface area contributed by atoms with Crippen LogP contribution >= 0.6 is 13.4 Å². The zero-order valence-corrected chi connectivity index (χ0v) is 16.8. The average molecular weight is 374 g/mol. The van der Waals surface area contributed by atoms with Crippen molar-refractivity contribution in [2.24, 2.45) is 5.92 Å². The summed E-state index contributed by atoms with van der Waals surface area (Å²) in [5, 5.41) is 0. The fourth-order valence-corrected chi connectivity index (χ4v) is 0. The van der Waals surface area contributed by atoms with Gasteiger partial charge < -0.3 is 29.4 Å². The molecule has 0 aliphatic heterocycles. The van der Waals surface area contributed by atoms with Crippen molar-refractivity contribution in [2.45, 2.75) is 61.3 Å². The molecule has 0 rings (SSSR count). The summed E-state index contributed by atoms with van der Waals surface area (Å²) in [5.41, 5.74) is 0. The van der Waals surface area contributed by atoms with Gasteiger partial charge in [0.25, 0.3) is 0 Å². The minimum atomic E-state index is -3.81. The Kier molecular flexibility index (Phi) is 36.7. The largest absolute Gasteiger partial charge is 0.325 e. The maximum atomic E-state index is 7.56. The second-order valence-electron chi connectivity index (χ2n) is 3.76. The molecule has 10 heteroatoms. The van der Waals surface area contributed by atoms with Crippen molar-refractivity contribution >= 4 is 37.1 Å². The molecule has 0 spiro atoms. The van der Waals surface area contributed by atoms with Crippen molar-refractivity contribution in [1.82, 2.24) is 0 Å². The van der Waals surface area contributed by atoms with Crippen molar-refractivity contribution in [3.05, 3.63) is 0 Å². The lowest BCUT2D eigenvalue weighted by Crippen LogP contribution is -1.66. The van der Waals surface area contributed by atoms with Crippen LogP contribution in [0.2, 0.25) is 0 Å². The minimum Gasteiger partial charge on any atom is -0.325 e. The van der Waals surface area contributed by atoms with Crippen LogP contribution in [0.15, 0.2) is 0 Å². The molecule has 0 aromatic heterocycles. The summed E-state index contributed by atoms with van der Waals surface area (Å²) in [6, 6.07) is 0. The quantitative estimate of drug-likeness (QED) is 0.388. The Morgan fingerprint density at radius 1 is 0.700 bits per heavy atom. The number of hydrogen-bond donors (Lipinski definition) is 6. The van der Waals surface area contributed by atoms with E-state index in [0.29, 0.717) is 0 Å². The summed E-state index contributed by atoms with van der Waals surface area (Å²) in [6.07, 6.45) is 2.64. The van der Waals surface area contributed by atoms with E-state index in [1.807, 2.05) is 13.8 Å². The van der Waals surface area contributed by atoms with E-state index in [4.69, 9.17) is 29.4 Å². The Morgan fingerprint density at radius 3 is 0.750 bits per heavy atom. The fraction of sp³-hybridized carbons (Fsp3) is 1.00. The van der Waals surface area contributed by atoms with Gasteiger partial charge in [0.1, 0.15) is 0 Å². The lowest BCUT2D eigenvalue weighted by molar-refractivity contribution is 0.361. The zero-order chi connectivity index (χ0) is 18.0. The minimum absolute atomic E-state index is 0.833. The highest BCUT2D eigenvalue weighted by Crippen LogP contribution is 2.26. The number of unbranched alkanes of at least 4 members (excludes halogenated alkanes) is 1. The predicted molar refractivity (Wildman–Crippen MR) is 94.3 cm³/mol. The molecule has 130 valence electrons. The van der Waals surface area contributed by atoms with Crippen LogP contribution in [0.1, 0.15) is 61.3 Å². The monoisotopic (exact) mass is 374 g/mol. The molecule has 0 aliphatic rings. The van der Waals surface area contributed by atoms with E-state index >= 15 is 0 Å². The first-order valence-electron chi connectivity index (χ1n) is 6.21. The number of rotatable bonds is 1. The first-order valence-corrected chi connectivity index (χ1v) is 11.5. The molecule has 0 atom stereocenters. The van der Waals surface area contributed by atoms with Crippen molar-refractivity contribution in [3.8, 4) is 0 Å². The standard InChI is InChI=1S/2C4H10.C2H6.2H3O3PS/c1-4(2)3;1-3-4-2;1-2;2*1-4(2,3)5/h4H,1-3H3;3-4H2,1-2H3;1-2H3;2*(H3,1,2,3,5). The maximum absolute atomic E-state index is 7.56. The highest BCUT2D eigenvalue weighted by molar-refractivity contribution is 8.06. The van der Waals surface area contributed by atoms with Crippen LogP contribution in [-0.4, -0.2) is 29.4 Å². The zero-order valence-electron chi connectivity index (χ0n) is 13.4. The van der Waals surface area contributed by atoms with Gasteiger partial charge in [-0.25, -0.2) is 0 Å². The maximum Gasteiger partial charge on any atom is 0.319 e. The van der Waals surface area contributed by atoms with Crippen LogP contribution in [0, 0.1) is 5.92 Å². The van der Waals surface area contributed by atoms with Gasteiger partial charge in [-0.15, -0.1) is 0 Å². The van der Waals surface area contributed by atoms with Crippen LogP contribution in [0.25, 0.3) is 0 Å². The van der Waals surface area contributed by atoms with Crippen LogP contribution in [0.5, 0.6) is 0 Å². The second kappa shape index (κ2) is 22.3. The van der Waals surface area contributed by atoms with E-state index in [1.54, 1.807) is 0 Å². The Labute approximate surface area is 134 Å². The van der Waals surface area contributed by atoms with Gasteiger partial charge in [-0.1, -0.05) is 61.3 Å². The van der Waals surface area contributed by atoms with E-state index < -0.39 is 13.4 Å². The first kappa shape index (κ1) is 32.9. The van der Waals surface area contributed by atoms with Gasteiger partial charge in [0.05, 0.1) is 0 Å². The summed E-state index contributed by atoms with van der Waals surface area (Å²) >= 11 is 7.21. The van der Waals surface area contributed by atoms with Crippen molar-refractivity contribution in [1.29, 1.82) is 0 Å². The highest BCUT2D eigenvalue weighted by Gasteiger charge is 1.92. The molecule has 0 amide bonds. The molecule has 0 aliphatic carbocycles. The topological polar surface area (TPSA) is 121 Å². The molecule has 0 radical (unpaired) electrons. The summed E-state index contributed by atoms with van der Waals surface area (Å²) in [4.78, 5) is 45.3. The third-order valence-corrected chi connectivity index (χ3v) is 0.500. The van der Waals surface area contributed by atoms with E-state index in [1.165, 1.54) is 12.8 Å². The van der Waals surface area contributed by atoms with Crippen molar-refractivity contribution in [2.75, 3.05) is 0 Å². The lowest BCUT2D eigenvalue weighted by Gasteiger charge is -1.88. The third-order valence-electron chi connectivity index (χ3n) is 0.500. The molecule has 0 fully saturated rings. The molecule has 6 nitrogen and oxygen atoms in total. The van der Waals surface area contributed by atoms with Crippen molar-refractivity contribution in [3.63, 3.8) is 0 Å². The van der Waals surface area contributed by atoms with Gasteiger partial charge in [-0.05, 0) is 29.5 Å². The average Bonchev–Trinajstić information content (AvgIpc) is 2.14. The molecular weight excluding hydrogens is 342 g/mol. The summed E-state index contributed by atoms with van der Waals surface area (Å²) in [7, 11) is 0. The van der Waals surface area contributed by atoms with Crippen LogP contribution in [0.4, 0.5) is 0 Å². The van der Waals surface area contributed by atoms with E-state index in [0.717, 1.165) is 5.92 Å². The molecule has 0 aromatic carbocycles. The Morgan fingerprint density at radius 2 is 0.750 bits per heavy atom. The summed E-state index contributed by atoms with van der Waals surface area (Å²) < 4.78 is 0. The van der Waals surface area contributed by atoms with Gasteiger partial charge >= 0.3 is 13.4 Å². The molecule has 0 saturated heterocycles.